The quantitative estimate of drug-likeness (QED) is 0.245. The van der Waals surface area contributed by atoms with Gasteiger partial charge >= 0.3 is 0 Å². The van der Waals surface area contributed by atoms with E-state index < -0.39 is 0 Å². The average Bonchev–Trinajstić information content (AvgIpc) is 3.16. The fourth-order valence-corrected chi connectivity index (χ4v) is 3.97. The SMILES string of the molecule is Cc1nnc(SCc2ccccc2)n1/N=C/c1ccccc1OCc1ccccc1Cl. The predicted molar refractivity (Wildman–Crippen MR) is 126 cm³/mol. The molecule has 1 heterocycles. The van der Waals surface area contributed by atoms with Crippen molar-refractivity contribution in [1.82, 2.24) is 14.9 Å². The number of aryl methyl sites for hydroxylation is 1. The fraction of sp³-hybridized carbons (Fsp3) is 0.125. The highest BCUT2D eigenvalue weighted by Crippen LogP contribution is 2.23. The van der Waals surface area contributed by atoms with E-state index in [1.54, 1.807) is 22.7 Å². The predicted octanol–water partition coefficient (Wildman–Crippen LogP) is 5.99. The minimum Gasteiger partial charge on any atom is -0.488 e. The van der Waals surface area contributed by atoms with Gasteiger partial charge in [-0.15, -0.1) is 10.2 Å². The first-order valence-corrected chi connectivity index (χ1v) is 11.2. The molecule has 0 unspecified atom stereocenters. The summed E-state index contributed by atoms with van der Waals surface area (Å²) in [4.78, 5) is 0. The van der Waals surface area contributed by atoms with Gasteiger partial charge in [0.05, 0.1) is 6.21 Å². The molecule has 5 nitrogen and oxygen atoms in total. The Balaban J connectivity index is 1.49. The maximum Gasteiger partial charge on any atom is 0.212 e. The van der Waals surface area contributed by atoms with Gasteiger partial charge in [0.2, 0.25) is 5.16 Å². The second-order valence-corrected chi connectivity index (χ2v) is 8.13. The van der Waals surface area contributed by atoms with Crippen LogP contribution in [0.5, 0.6) is 5.75 Å². The molecule has 0 aliphatic heterocycles. The summed E-state index contributed by atoms with van der Waals surface area (Å²) in [5.41, 5.74) is 3.02. The highest BCUT2D eigenvalue weighted by atomic mass is 35.5. The van der Waals surface area contributed by atoms with Gasteiger partial charge in [-0.25, -0.2) is 0 Å². The molecular formula is C24H21ClN4OS. The molecule has 4 rings (SSSR count). The molecule has 4 aromatic rings. The number of nitrogens with zero attached hydrogens (tertiary/aromatic N) is 4. The van der Waals surface area contributed by atoms with Crippen molar-refractivity contribution in [3.8, 4) is 5.75 Å². The second kappa shape index (κ2) is 10.3. The van der Waals surface area contributed by atoms with Gasteiger partial charge in [0.25, 0.3) is 0 Å². The monoisotopic (exact) mass is 448 g/mol. The smallest absolute Gasteiger partial charge is 0.212 e. The molecular weight excluding hydrogens is 428 g/mol. The van der Waals surface area contributed by atoms with E-state index in [9.17, 15) is 0 Å². The van der Waals surface area contributed by atoms with Crippen LogP contribution in [0.3, 0.4) is 0 Å². The van der Waals surface area contributed by atoms with E-state index in [1.807, 2.05) is 73.7 Å². The second-order valence-electron chi connectivity index (χ2n) is 6.78. The number of hydrogen-bond acceptors (Lipinski definition) is 5. The van der Waals surface area contributed by atoms with Gasteiger partial charge in [0.1, 0.15) is 12.4 Å². The number of hydrogen-bond donors (Lipinski definition) is 0. The maximum atomic E-state index is 6.24. The number of halogens is 1. The molecule has 0 amide bonds. The van der Waals surface area contributed by atoms with E-state index in [1.165, 1.54) is 5.56 Å². The van der Waals surface area contributed by atoms with Crippen molar-refractivity contribution in [3.63, 3.8) is 0 Å². The highest BCUT2D eigenvalue weighted by molar-refractivity contribution is 7.98. The Kier molecular flexibility index (Phi) is 7.02. The molecule has 3 aromatic carbocycles. The van der Waals surface area contributed by atoms with Crippen LogP contribution in [0.2, 0.25) is 5.02 Å². The summed E-state index contributed by atoms with van der Waals surface area (Å²) in [6.45, 7) is 2.27. The number of thioether (sulfide) groups is 1. The summed E-state index contributed by atoms with van der Waals surface area (Å²) in [6, 6.07) is 25.7. The third-order valence-electron chi connectivity index (χ3n) is 4.55. The summed E-state index contributed by atoms with van der Waals surface area (Å²) in [6.07, 6.45) is 1.77. The largest absolute Gasteiger partial charge is 0.488 e. The van der Waals surface area contributed by atoms with Crippen LogP contribution in [-0.4, -0.2) is 21.1 Å². The van der Waals surface area contributed by atoms with Gasteiger partial charge in [0, 0.05) is 21.9 Å². The molecule has 0 aliphatic carbocycles. The molecule has 0 radical (unpaired) electrons. The van der Waals surface area contributed by atoms with Crippen LogP contribution >= 0.6 is 23.4 Å². The van der Waals surface area contributed by atoms with Gasteiger partial charge in [0.15, 0.2) is 5.82 Å². The first kappa shape index (κ1) is 21.2. The summed E-state index contributed by atoms with van der Waals surface area (Å²) in [7, 11) is 0. The van der Waals surface area contributed by atoms with Crippen molar-refractivity contribution in [3.05, 3.63) is 106 Å². The molecule has 31 heavy (non-hydrogen) atoms. The van der Waals surface area contributed by atoms with E-state index in [4.69, 9.17) is 16.3 Å². The lowest BCUT2D eigenvalue weighted by atomic mass is 10.2. The Morgan fingerprint density at radius 3 is 2.55 bits per heavy atom. The zero-order valence-corrected chi connectivity index (χ0v) is 18.6. The summed E-state index contributed by atoms with van der Waals surface area (Å²) >= 11 is 7.84. The van der Waals surface area contributed by atoms with E-state index in [0.29, 0.717) is 11.6 Å². The Labute approximate surface area is 190 Å². The number of aromatic nitrogens is 3. The van der Waals surface area contributed by atoms with Gasteiger partial charge in [-0.1, -0.05) is 84.0 Å². The molecule has 0 bridgehead atoms. The Morgan fingerprint density at radius 2 is 1.71 bits per heavy atom. The Bertz CT molecular complexity index is 1180. The van der Waals surface area contributed by atoms with Crippen LogP contribution < -0.4 is 4.74 Å². The maximum absolute atomic E-state index is 6.24. The van der Waals surface area contributed by atoms with Crippen molar-refractivity contribution in [1.29, 1.82) is 0 Å². The number of para-hydroxylation sites is 1. The standard InChI is InChI=1S/C24H21ClN4OS/c1-18-27-28-24(31-17-19-9-3-2-4-10-19)29(18)26-15-20-11-6-8-14-23(20)30-16-21-12-5-7-13-22(21)25/h2-15H,16-17H2,1H3/b26-15+. The molecule has 0 aliphatic rings. The van der Waals surface area contributed by atoms with Gasteiger partial charge in [-0.05, 0) is 30.7 Å². The molecule has 0 saturated carbocycles. The molecule has 7 heteroatoms. The summed E-state index contributed by atoms with van der Waals surface area (Å²) in [5, 5.41) is 14.5. The van der Waals surface area contributed by atoms with Crippen LogP contribution in [0.1, 0.15) is 22.5 Å². The van der Waals surface area contributed by atoms with Gasteiger partial charge in [-0.2, -0.15) is 9.78 Å². The van der Waals surface area contributed by atoms with Crippen molar-refractivity contribution < 1.29 is 4.74 Å². The van der Waals surface area contributed by atoms with Crippen LogP contribution in [0.25, 0.3) is 0 Å². The minimum atomic E-state index is 0.383. The van der Waals surface area contributed by atoms with E-state index >= 15 is 0 Å². The molecule has 1 aromatic heterocycles. The number of rotatable bonds is 8. The molecule has 0 saturated heterocycles. The molecule has 156 valence electrons. The third-order valence-corrected chi connectivity index (χ3v) is 5.91. The van der Waals surface area contributed by atoms with Crippen molar-refractivity contribution in [2.45, 2.75) is 24.4 Å². The zero-order chi connectivity index (χ0) is 21.5. The topological polar surface area (TPSA) is 52.3 Å². The van der Waals surface area contributed by atoms with Gasteiger partial charge < -0.3 is 4.74 Å². The van der Waals surface area contributed by atoms with Gasteiger partial charge in [-0.3, -0.25) is 0 Å². The summed E-state index contributed by atoms with van der Waals surface area (Å²) < 4.78 is 7.77. The Hall–Kier alpha value is -3.09. The average molecular weight is 449 g/mol. The number of benzene rings is 3. The third kappa shape index (κ3) is 5.54. The lowest BCUT2D eigenvalue weighted by molar-refractivity contribution is 0.306. The molecule has 0 fully saturated rings. The fourth-order valence-electron chi connectivity index (χ4n) is 2.89. The minimum absolute atomic E-state index is 0.383. The highest BCUT2D eigenvalue weighted by Gasteiger charge is 2.10. The van der Waals surface area contributed by atoms with Crippen LogP contribution in [0.4, 0.5) is 0 Å². The first-order valence-electron chi connectivity index (χ1n) is 9.79. The van der Waals surface area contributed by atoms with Crippen LogP contribution in [-0.2, 0) is 12.4 Å². The van der Waals surface area contributed by atoms with Crippen molar-refractivity contribution in [2.75, 3.05) is 0 Å². The normalized spacial score (nSPS) is 11.2. The van der Waals surface area contributed by atoms with Crippen LogP contribution in [0, 0.1) is 6.92 Å². The Morgan fingerprint density at radius 1 is 0.968 bits per heavy atom. The van der Waals surface area contributed by atoms with E-state index in [0.717, 1.165) is 33.6 Å². The lowest BCUT2D eigenvalue weighted by Gasteiger charge is -2.10. The molecule has 0 spiro atoms. The molecule has 0 atom stereocenters. The molecule has 0 N–H and O–H groups in total. The van der Waals surface area contributed by atoms with Crippen molar-refractivity contribution >= 4 is 29.6 Å². The van der Waals surface area contributed by atoms with E-state index in [-0.39, 0.29) is 0 Å². The van der Waals surface area contributed by atoms with E-state index in [2.05, 4.69) is 27.4 Å². The first-order chi connectivity index (χ1) is 15.2. The van der Waals surface area contributed by atoms with Crippen molar-refractivity contribution in [2.24, 2.45) is 5.10 Å². The van der Waals surface area contributed by atoms with Crippen LogP contribution in [0.15, 0.2) is 89.1 Å². The zero-order valence-electron chi connectivity index (χ0n) is 17.0. The summed E-state index contributed by atoms with van der Waals surface area (Å²) in [5.74, 6) is 2.25. The lowest BCUT2D eigenvalue weighted by Crippen LogP contribution is -2.00. The number of ether oxygens (including phenoxy) is 1.